The van der Waals surface area contributed by atoms with Crippen molar-refractivity contribution in [3.8, 4) is 5.75 Å². The van der Waals surface area contributed by atoms with Gasteiger partial charge in [0, 0.05) is 15.0 Å². The van der Waals surface area contributed by atoms with Gasteiger partial charge in [-0.3, -0.25) is 4.72 Å². The molecule has 2 aromatic rings. The maximum absolute atomic E-state index is 12.3. The first-order valence-electron chi connectivity index (χ1n) is 5.75. The summed E-state index contributed by atoms with van der Waals surface area (Å²) < 4.78 is 27.9. The van der Waals surface area contributed by atoms with Crippen molar-refractivity contribution in [3.63, 3.8) is 0 Å². The Kier molecular flexibility index (Phi) is 4.78. The quantitative estimate of drug-likeness (QED) is 0.662. The van der Waals surface area contributed by atoms with Gasteiger partial charge < -0.3 is 10.2 Å². The molecule has 2 aromatic carbocycles. The van der Waals surface area contributed by atoms with E-state index < -0.39 is 21.7 Å². The zero-order valence-electron chi connectivity index (χ0n) is 10.7. The maximum Gasteiger partial charge on any atom is 0.339 e. The number of benzene rings is 2. The predicted molar refractivity (Wildman–Crippen MR) is 87.7 cm³/mol. The van der Waals surface area contributed by atoms with Crippen LogP contribution < -0.4 is 4.72 Å². The van der Waals surface area contributed by atoms with Gasteiger partial charge >= 0.3 is 5.97 Å². The summed E-state index contributed by atoms with van der Waals surface area (Å²) in [6, 6.07) is 8.07. The number of anilines is 1. The van der Waals surface area contributed by atoms with E-state index in [9.17, 15) is 18.3 Å². The molecule has 0 amide bonds. The minimum atomic E-state index is -3.90. The van der Waals surface area contributed by atoms with E-state index in [4.69, 9.17) is 5.11 Å². The Bertz CT molecular complexity index is 852. The first-order valence-corrected chi connectivity index (χ1v) is 8.82. The van der Waals surface area contributed by atoms with Crippen molar-refractivity contribution >= 4 is 53.5 Å². The summed E-state index contributed by atoms with van der Waals surface area (Å²) in [6.45, 7) is 0. The van der Waals surface area contributed by atoms with Gasteiger partial charge in [0.05, 0.1) is 5.69 Å². The van der Waals surface area contributed by atoms with E-state index in [-0.39, 0.29) is 16.1 Å². The first kappa shape index (κ1) is 16.8. The lowest BCUT2D eigenvalue weighted by atomic mass is 10.2. The van der Waals surface area contributed by atoms with Crippen LogP contribution in [0.4, 0.5) is 5.69 Å². The Labute approximate surface area is 143 Å². The molecule has 0 atom stereocenters. The summed E-state index contributed by atoms with van der Waals surface area (Å²) >= 11 is 6.35. The molecular formula is C13H9Br2NO5S. The molecule has 2 rings (SSSR count). The third-order valence-corrected chi connectivity index (χ3v) is 5.53. The van der Waals surface area contributed by atoms with Crippen molar-refractivity contribution in [2.24, 2.45) is 0 Å². The lowest BCUT2D eigenvalue weighted by molar-refractivity contribution is 0.0694. The molecule has 0 heterocycles. The number of sulfonamides is 1. The molecule has 0 saturated heterocycles. The lowest BCUT2D eigenvalue weighted by Crippen LogP contribution is -2.13. The van der Waals surface area contributed by atoms with Gasteiger partial charge in [-0.25, -0.2) is 13.2 Å². The highest BCUT2D eigenvalue weighted by molar-refractivity contribution is 9.11. The number of aromatic carboxylic acids is 1. The molecule has 22 heavy (non-hydrogen) atoms. The Hall–Kier alpha value is -1.58. The van der Waals surface area contributed by atoms with Crippen LogP contribution in [0.5, 0.6) is 5.75 Å². The van der Waals surface area contributed by atoms with Crippen molar-refractivity contribution in [1.82, 2.24) is 0 Å². The van der Waals surface area contributed by atoms with Crippen molar-refractivity contribution in [1.29, 1.82) is 0 Å². The van der Waals surface area contributed by atoms with Crippen LogP contribution in [-0.2, 0) is 10.0 Å². The topological polar surface area (TPSA) is 104 Å². The molecule has 0 unspecified atom stereocenters. The van der Waals surface area contributed by atoms with Gasteiger partial charge in [0.1, 0.15) is 16.2 Å². The van der Waals surface area contributed by atoms with Crippen molar-refractivity contribution < 1.29 is 23.4 Å². The number of carboxylic acids is 1. The highest BCUT2D eigenvalue weighted by Crippen LogP contribution is 2.29. The van der Waals surface area contributed by atoms with Gasteiger partial charge in [-0.2, -0.15) is 0 Å². The third-order valence-electron chi connectivity index (χ3n) is 2.66. The third kappa shape index (κ3) is 3.60. The molecule has 0 aliphatic carbocycles. The average Bonchev–Trinajstić information content (AvgIpc) is 2.40. The zero-order valence-corrected chi connectivity index (χ0v) is 14.7. The number of rotatable bonds is 4. The number of nitrogens with one attached hydrogen (secondary N) is 1. The van der Waals surface area contributed by atoms with Crippen LogP contribution >= 0.6 is 31.9 Å². The van der Waals surface area contributed by atoms with Crippen molar-refractivity contribution in [3.05, 3.63) is 50.9 Å². The largest absolute Gasteiger partial charge is 0.507 e. The number of phenols is 1. The maximum atomic E-state index is 12.3. The molecule has 0 aliphatic heterocycles. The average molecular weight is 451 g/mol. The summed E-state index contributed by atoms with van der Waals surface area (Å²) in [5.41, 5.74) is -0.263. The molecule has 116 valence electrons. The van der Waals surface area contributed by atoms with Crippen LogP contribution in [0.1, 0.15) is 10.4 Å². The zero-order chi connectivity index (χ0) is 16.5. The van der Waals surface area contributed by atoms with E-state index in [0.717, 1.165) is 12.1 Å². The molecule has 3 N–H and O–H groups in total. The monoisotopic (exact) mass is 449 g/mol. The van der Waals surface area contributed by atoms with Gasteiger partial charge in [0.25, 0.3) is 10.0 Å². The molecular weight excluding hydrogens is 442 g/mol. The van der Waals surface area contributed by atoms with Crippen LogP contribution in [0.25, 0.3) is 0 Å². The van der Waals surface area contributed by atoms with Crippen molar-refractivity contribution in [2.75, 3.05) is 4.72 Å². The van der Waals surface area contributed by atoms with E-state index in [1.165, 1.54) is 12.1 Å². The van der Waals surface area contributed by atoms with E-state index >= 15 is 0 Å². The number of hydrogen-bond acceptors (Lipinski definition) is 4. The normalized spacial score (nSPS) is 11.2. The summed E-state index contributed by atoms with van der Waals surface area (Å²) in [5, 5.41) is 18.4. The van der Waals surface area contributed by atoms with Gasteiger partial charge in [-0.1, -0.05) is 15.9 Å². The fraction of sp³-hybridized carbons (Fsp3) is 0. The van der Waals surface area contributed by atoms with Crippen LogP contribution in [0.3, 0.4) is 0 Å². The lowest BCUT2D eigenvalue weighted by Gasteiger charge is -2.11. The summed E-state index contributed by atoms with van der Waals surface area (Å²) in [4.78, 5) is 10.8. The molecule has 9 heteroatoms. The fourth-order valence-corrected chi connectivity index (χ4v) is 4.22. The molecule has 0 spiro atoms. The number of carboxylic acid groups (broad SMARTS) is 1. The van der Waals surface area contributed by atoms with E-state index in [1.54, 1.807) is 12.1 Å². The number of halogens is 2. The van der Waals surface area contributed by atoms with E-state index in [0.29, 0.717) is 8.95 Å². The second-order valence-corrected chi connectivity index (χ2v) is 7.64. The Balaban J connectivity index is 2.39. The van der Waals surface area contributed by atoms with Crippen LogP contribution in [0.15, 0.2) is 50.2 Å². The minimum absolute atomic E-state index is 0.00340. The highest BCUT2D eigenvalue weighted by atomic mass is 79.9. The standard InChI is InChI=1S/C13H9Br2NO5S/c14-7-1-4-10(15)12(5-7)22(20,21)16-8-2-3-9(13(18)19)11(17)6-8/h1-6,16-17H,(H,18,19). The van der Waals surface area contributed by atoms with Crippen LogP contribution in [0, 0.1) is 0 Å². The first-order chi connectivity index (χ1) is 10.2. The summed E-state index contributed by atoms with van der Waals surface area (Å²) in [7, 11) is -3.90. The van der Waals surface area contributed by atoms with Gasteiger partial charge in [-0.05, 0) is 46.3 Å². The number of aromatic hydroxyl groups is 1. The van der Waals surface area contributed by atoms with Crippen LogP contribution in [0.2, 0.25) is 0 Å². The highest BCUT2D eigenvalue weighted by Gasteiger charge is 2.19. The van der Waals surface area contributed by atoms with Gasteiger partial charge in [0.15, 0.2) is 0 Å². The molecule has 0 aliphatic rings. The minimum Gasteiger partial charge on any atom is -0.507 e. The number of carbonyl (C=O) groups is 1. The SMILES string of the molecule is O=C(O)c1ccc(NS(=O)(=O)c2cc(Br)ccc2Br)cc1O. The predicted octanol–water partition coefficient (Wildman–Crippen LogP) is 3.42. The van der Waals surface area contributed by atoms with Gasteiger partial charge in [-0.15, -0.1) is 0 Å². The molecule has 0 fully saturated rings. The Morgan fingerprint density at radius 1 is 1.09 bits per heavy atom. The summed E-state index contributed by atoms with van der Waals surface area (Å²) in [5.74, 6) is -1.83. The molecule has 6 nitrogen and oxygen atoms in total. The molecule has 0 saturated carbocycles. The van der Waals surface area contributed by atoms with E-state index in [1.807, 2.05) is 0 Å². The van der Waals surface area contributed by atoms with Crippen LogP contribution in [-0.4, -0.2) is 24.6 Å². The Morgan fingerprint density at radius 2 is 1.77 bits per heavy atom. The second-order valence-electron chi connectivity index (χ2n) is 4.22. The number of hydrogen-bond donors (Lipinski definition) is 3. The van der Waals surface area contributed by atoms with Crippen molar-refractivity contribution in [2.45, 2.75) is 4.90 Å². The Morgan fingerprint density at radius 3 is 2.36 bits per heavy atom. The smallest absolute Gasteiger partial charge is 0.339 e. The second kappa shape index (κ2) is 6.27. The van der Waals surface area contributed by atoms with Gasteiger partial charge in [0.2, 0.25) is 0 Å². The molecule has 0 bridgehead atoms. The summed E-state index contributed by atoms with van der Waals surface area (Å²) in [6.07, 6.45) is 0. The molecule has 0 aromatic heterocycles. The van der Waals surface area contributed by atoms with E-state index in [2.05, 4.69) is 36.6 Å². The fourth-order valence-electron chi connectivity index (χ4n) is 1.67. The molecule has 0 radical (unpaired) electrons.